The second kappa shape index (κ2) is 7.01. The van der Waals surface area contributed by atoms with Crippen LogP contribution in [-0.4, -0.2) is 29.9 Å². The van der Waals surface area contributed by atoms with Crippen molar-refractivity contribution >= 4 is 23.3 Å². The van der Waals surface area contributed by atoms with Gasteiger partial charge in [0.25, 0.3) is 0 Å². The minimum Gasteiger partial charge on any atom is -0.467 e. The van der Waals surface area contributed by atoms with E-state index in [1.54, 1.807) is 18.4 Å². The number of nitrogens with one attached hydrogen (secondary N) is 2. The van der Waals surface area contributed by atoms with Gasteiger partial charge in [-0.2, -0.15) is 0 Å². The fourth-order valence-corrected chi connectivity index (χ4v) is 4.43. The molecule has 2 N–H and O–H groups in total. The fourth-order valence-electron chi connectivity index (χ4n) is 3.51. The Morgan fingerprint density at radius 3 is 2.96 bits per heavy atom. The van der Waals surface area contributed by atoms with Crippen molar-refractivity contribution in [2.24, 2.45) is 5.92 Å². The minimum atomic E-state index is -0.488. The van der Waals surface area contributed by atoms with Crippen LogP contribution in [0.5, 0.6) is 0 Å². The van der Waals surface area contributed by atoms with Gasteiger partial charge in [0.2, 0.25) is 5.91 Å². The van der Waals surface area contributed by atoms with E-state index >= 15 is 0 Å². The summed E-state index contributed by atoms with van der Waals surface area (Å²) in [5.41, 5.74) is 1.38. The fraction of sp³-hybridized carbons (Fsp3) is 0.444. The van der Waals surface area contributed by atoms with Crippen LogP contribution in [0.1, 0.15) is 35.1 Å². The molecule has 132 valence electrons. The number of fused-ring (bicyclic) bond motifs is 1. The minimum absolute atomic E-state index is 0.255. The first kappa shape index (κ1) is 16.4. The van der Waals surface area contributed by atoms with E-state index in [2.05, 4.69) is 27.0 Å². The summed E-state index contributed by atoms with van der Waals surface area (Å²) in [4.78, 5) is 27.8. The number of imide groups is 1. The molecule has 6 nitrogen and oxygen atoms in total. The van der Waals surface area contributed by atoms with Gasteiger partial charge in [-0.1, -0.05) is 0 Å². The van der Waals surface area contributed by atoms with Gasteiger partial charge in [-0.25, -0.2) is 4.79 Å². The molecule has 0 aromatic carbocycles. The number of amides is 3. The number of urea groups is 1. The molecule has 0 bridgehead atoms. The largest absolute Gasteiger partial charge is 0.467 e. The Morgan fingerprint density at radius 1 is 1.32 bits per heavy atom. The lowest BCUT2D eigenvalue weighted by Crippen LogP contribution is -2.47. The average Bonchev–Trinajstić information content (AvgIpc) is 3.09. The van der Waals surface area contributed by atoms with E-state index in [0.717, 1.165) is 13.0 Å². The highest BCUT2D eigenvalue weighted by Crippen LogP contribution is 2.48. The van der Waals surface area contributed by atoms with Crippen LogP contribution in [0.4, 0.5) is 4.79 Å². The molecule has 2 aromatic heterocycles. The second-order valence-electron chi connectivity index (χ2n) is 6.61. The first-order valence-corrected chi connectivity index (χ1v) is 9.49. The van der Waals surface area contributed by atoms with E-state index in [1.807, 2.05) is 11.3 Å². The first-order chi connectivity index (χ1) is 12.2. The molecular formula is C18H21N3O3S. The lowest BCUT2D eigenvalue weighted by atomic mass is 9.96. The van der Waals surface area contributed by atoms with Crippen molar-refractivity contribution in [1.29, 1.82) is 0 Å². The maximum atomic E-state index is 12.3. The van der Waals surface area contributed by atoms with Crippen LogP contribution in [0.15, 0.2) is 34.3 Å². The van der Waals surface area contributed by atoms with Gasteiger partial charge < -0.3 is 9.73 Å². The van der Waals surface area contributed by atoms with Crippen LogP contribution in [0.3, 0.4) is 0 Å². The van der Waals surface area contributed by atoms with Crippen LogP contribution in [-0.2, 0) is 17.8 Å². The van der Waals surface area contributed by atoms with Crippen molar-refractivity contribution in [1.82, 2.24) is 15.5 Å². The quantitative estimate of drug-likeness (QED) is 0.861. The first-order valence-electron chi connectivity index (χ1n) is 8.61. The van der Waals surface area contributed by atoms with Crippen LogP contribution in [0.25, 0.3) is 0 Å². The number of carbonyl (C=O) groups is 2. The zero-order valence-electron chi connectivity index (χ0n) is 13.9. The topological polar surface area (TPSA) is 74.6 Å². The maximum absolute atomic E-state index is 12.3. The van der Waals surface area contributed by atoms with E-state index in [4.69, 9.17) is 4.42 Å². The zero-order chi connectivity index (χ0) is 17.2. The van der Waals surface area contributed by atoms with Gasteiger partial charge in [-0.05, 0) is 54.3 Å². The molecule has 0 spiro atoms. The lowest BCUT2D eigenvalue weighted by Gasteiger charge is -2.35. The normalized spacial score (nSPS) is 20.1. The summed E-state index contributed by atoms with van der Waals surface area (Å²) >= 11 is 1.81. The van der Waals surface area contributed by atoms with Crippen LogP contribution in [0.2, 0.25) is 0 Å². The predicted molar refractivity (Wildman–Crippen MR) is 94.1 cm³/mol. The molecule has 7 heteroatoms. The highest BCUT2D eigenvalue weighted by atomic mass is 32.1. The Labute approximate surface area is 150 Å². The number of hydrogen-bond donors (Lipinski definition) is 2. The molecule has 2 aliphatic rings. The van der Waals surface area contributed by atoms with Crippen molar-refractivity contribution in [3.05, 3.63) is 46.0 Å². The molecule has 1 saturated carbocycles. The Bertz CT molecular complexity index is 751. The Hall–Kier alpha value is -2.12. The Morgan fingerprint density at radius 2 is 2.20 bits per heavy atom. The third kappa shape index (κ3) is 3.77. The van der Waals surface area contributed by atoms with Gasteiger partial charge in [0.1, 0.15) is 5.76 Å². The van der Waals surface area contributed by atoms with Crippen LogP contribution >= 0.6 is 11.3 Å². The summed E-state index contributed by atoms with van der Waals surface area (Å²) in [6.07, 6.45) is 4.98. The van der Waals surface area contributed by atoms with E-state index in [-0.39, 0.29) is 19.0 Å². The molecule has 1 aliphatic carbocycles. The molecule has 1 aliphatic heterocycles. The third-order valence-electron chi connectivity index (χ3n) is 4.79. The molecule has 2 aromatic rings. The third-order valence-corrected chi connectivity index (χ3v) is 5.79. The number of furan rings is 1. The van der Waals surface area contributed by atoms with Gasteiger partial charge in [-0.3, -0.25) is 15.0 Å². The maximum Gasteiger partial charge on any atom is 0.321 e. The summed E-state index contributed by atoms with van der Waals surface area (Å²) in [7, 11) is 0. The van der Waals surface area contributed by atoms with E-state index in [1.165, 1.54) is 23.3 Å². The van der Waals surface area contributed by atoms with Crippen LogP contribution in [0, 0.1) is 5.92 Å². The van der Waals surface area contributed by atoms with E-state index < -0.39 is 6.03 Å². The number of nitrogens with zero attached hydrogens (tertiary/aromatic N) is 1. The van der Waals surface area contributed by atoms with Crippen LogP contribution < -0.4 is 10.6 Å². The number of carbonyl (C=O) groups excluding carboxylic acids is 2. The van der Waals surface area contributed by atoms with Crippen molar-refractivity contribution in [2.75, 3.05) is 13.1 Å². The molecular weight excluding hydrogens is 338 g/mol. The number of thiophene rings is 1. The van der Waals surface area contributed by atoms with E-state index in [9.17, 15) is 9.59 Å². The SMILES string of the molecule is O=C(CN1CCc2sccc2[C@@H]1C1CC1)NC(=O)NCc1ccco1. The second-order valence-corrected chi connectivity index (χ2v) is 7.61. The summed E-state index contributed by atoms with van der Waals surface area (Å²) < 4.78 is 5.15. The number of rotatable bonds is 5. The molecule has 3 heterocycles. The highest BCUT2D eigenvalue weighted by molar-refractivity contribution is 7.10. The lowest BCUT2D eigenvalue weighted by molar-refractivity contribution is -0.122. The molecule has 1 fully saturated rings. The Kier molecular flexibility index (Phi) is 4.59. The van der Waals surface area contributed by atoms with Gasteiger partial charge in [0.15, 0.2) is 0 Å². The van der Waals surface area contributed by atoms with Crippen molar-refractivity contribution in [2.45, 2.75) is 31.8 Å². The van der Waals surface area contributed by atoms with E-state index in [0.29, 0.717) is 17.7 Å². The van der Waals surface area contributed by atoms with Crippen molar-refractivity contribution in [3.8, 4) is 0 Å². The highest BCUT2D eigenvalue weighted by Gasteiger charge is 2.40. The molecule has 0 saturated heterocycles. The predicted octanol–water partition coefficient (Wildman–Crippen LogP) is 2.68. The molecule has 1 atom stereocenters. The smallest absolute Gasteiger partial charge is 0.321 e. The molecule has 3 amide bonds. The van der Waals surface area contributed by atoms with Crippen molar-refractivity contribution < 1.29 is 14.0 Å². The summed E-state index contributed by atoms with van der Waals surface area (Å²) in [6, 6.07) is 5.56. The molecule has 0 radical (unpaired) electrons. The molecule has 4 rings (SSSR count). The van der Waals surface area contributed by atoms with Gasteiger partial charge in [0.05, 0.1) is 19.4 Å². The average molecular weight is 359 g/mol. The number of hydrogen-bond acceptors (Lipinski definition) is 5. The summed E-state index contributed by atoms with van der Waals surface area (Å²) in [5, 5.41) is 7.19. The molecule has 25 heavy (non-hydrogen) atoms. The zero-order valence-corrected chi connectivity index (χ0v) is 14.7. The van der Waals surface area contributed by atoms with Crippen molar-refractivity contribution in [3.63, 3.8) is 0 Å². The van der Waals surface area contributed by atoms with Gasteiger partial charge >= 0.3 is 6.03 Å². The van der Waals surface area contributed by atoms with Gasteiger partial charge in [0, 0.05) is 17.5 Å². The molecule has 0 unspecified atom stereocenters. The standard InChI is InChI=1S/C18H21N3O3S/c22-16(20-18(23)19-10-13-2-1-8-24-13)11-21-7-5-15-14(6-9-25-15)17(21)12-3-4-12/h1-2,6,8-9,12,17H,3-5,7,10-11H2,(H2,19,20,22,23)/t17-/m0/s1. The monoisotopic (exact) mass is 359 g/mol. The Balaban J connectivity index is 1.32. The summed E-state index contributed by atoms with van der Waals surface area (Å²) in [5.74, 6) is 1.04. The summed E-state index contributed by atoms with van der Waals surface area (Å²) in [6.45, 7) is 1.39. The van der Waals surface area contributed by atoms with Gasteiger partial charge in [-0.15, -0.1) is 11.3 Å².